The van der Waals surface area contributed by atoms with Crippen molar-refractivity contribution >= 4 is 23.8 Å². The number of carboxylic acids is 1. The second-order valence-corrected chi connectivity index (χ2v) is 4.35. The molecule has 0 radical (unpaired) electrons. The molecule has 2 aliphatic heterocycles. The van der Waals surface area contributed by atoms with Gasteiger partial charge < -0.3 is 20.5 Å². The molecule has 2 unspecified atom stereocenters. The number of carboxylic acid groups (broad SMARTS) is 1. The van der Waals surface area contributed by atoms with Gasteiger partial charge in [0.05, 0.1) is 6.61 Å². The standard InChI is InChI=1S/C7H11NO3.C5H7NO3/c1-2-11-7(10)5-3-4-8-6(5)9;7-4-3(5(8)9)1-2-6-4/h5H,2-4H2,1H3,(H,8,9);3H,1-2H2,(H,6,7)(H,8,9). The minimum absolute atomic E-state index is 0.205. The molecule has 0 aromatic rings. The van der Waals surface area contributed by atoms with Crippen molar-refractivity contribution in [3.8, 4) is 0 Å². The van der Waals surface area contributed by atoms with Crippen molar-refractivity contribution in [3.63, 3.8) is 0 Å². The van der Waals surface area contributed by atoms with Gasteiger partial charge in [0.25, 0.3) is 0 Å². The summed E-state index contributed by atoms with van der Waals surface area (Å²) in [5, 5.41) is 13.3. The first kappa shape index (κ1) is 15.9. The van der Waals surface area contributed by atoms with Crippen LogP contribution in [0, 0.1) is 11.8 Å². The molecular formula is C12H18N2O6. The fourth-order valence-electron chi connectivity index (χ4n) is 1.89. The number of ether oxygens (including phenoxy) is 1. The molecule has 8 heteroatoms. The monoisotopic (exact) mass is 286 g/mol. The van der Waals surface area contributed by atoms with Crippen LogP contribution in [0.2, 0.25) is 0 Å². The third kappa shape index (κ3) is 4.22. The third-order valence-corrected chi connectivity index (χ3v) is 2.97. The molecule has 112 valence electrons. The van der Waals surface area contributed by atoms with Crippen molar-refractivity contribution in [2.75, 3.05) is 19.7 Å². The first-order chi connectivity index (χ1) is 9.47. The Morgan fingerprint density at radius 2 is 1.65 bits per heavy atom. The maximum atomic E-state index is 11.0. The largest absolute Gasteiger partial charge is 0.481 e. The van der Waals surface area contributed by atoms with E-state index in [0.717, 1.165) is 0 Å². The van der Waals surface area contributed by atoms with Crippen LogP contribution in [0.3, 0.4) is 0 Å². The van der Waals surface area contributed by atoms with Crippen LogP contribution < -0.4 is 10.6 Å². The van der Waals surface area contributed by atoms with Crippen LogP contribution in [0.5, 0.6) is 0 Å². The normalized spacial score (nSPS) is 24.2. The highest BCUT2D eigenvalue weighted by Crippen LogP contribution is 2.10. The highest BCUT2D eigenvalue weighted by molar-refractivity contribution is 5.99. The lowest BCUT2D eigenvalue weighted by Gasteiger charge is -2.04. The fourth-order valence-corrected chi connectivity index (χ4v) is 1.89. The summed E-state index contributed by atoms with van der Waals surface area (Å²) in [4.78, 5) is 42.5. The molecule has 0 spiro atoms. The molecule has 0 aromatic carbocycles. The summed E-state index contributed by atoms with van der Waals surface area (Å²) in [6.07, 6.45) is 0.992. The van der Waals surface area contributed by atoms with E-state index in [1.54, 1.807) is 6.92 Å². The number of hydrogen-bond donors (Lipinski definition) is 3. The minimum Gasteiger partial charge on any atom is -0.481 e. The molecule has 8 nitrogen and oxygen atoms in total. The van der Waals surface area contributed by atoms with Crippen LogP contribution in [0.25, 0.3) is 0 Å². The average molecular weight is 286 g/mol. The van der Waals surface area contributed by atoms with E-state index >= 15 is 0 Å². The Balaban J connectivity index is 0.000000204. The molecule has 2 amide bonds. The number of carbonyl (C=O) groups is 4. The van der Waals surface area contributed by atoms with Crippen molar-refractivity contribution in [1.29, 1.82) is 0 Å². The summed E-state index contributed by atoms with van der Waals surface area (Å²) in [6.45, 7) is 3.14. The molecule has 0 bridgehead atoms. The lowest BCUT2D eigenvalue weighted by Crippen LogP contribution is -2.26. The predicted octanol–water partition coefficient (Wildman–Crippen LogP) is -1.11. The molecule has 0 aliphatic carbocycles. The van der Waals surface area contributed by atoms with Crippen LogP contribution in [-0.2, 0) is 23.9 Å². The van der Waals surface area contributed by atoms with Gasteiger partial charge in [0.2, 0.25) is 11.8 Å². The SMILES string of the molecule is CCOC(=O)C1CCNC1=O.O=C(O)C1CCNC1=O. The maximum Gasteiger partial charge on any atom is 0.318 e. The summed E-state index contributed by atoms with van der Waals surface area (Å²) in [5.74, 6) is -3.35. The summed E-state index contributed by atoms with van der Waals surface area (Å²) in [6, 6.07) is 0. The molecule has 2 rings (SSSR count). The van der Waals surface area contributed by atoms with Gasteiger partial charge in [-0.3, -0.25) is 19.2 Å². The molecule has 2 atom stereocenters. The number of esters is 1. The quantitative estimate of drug-likeness (QED) is 0.447. The first-order valence-electron chi connectivity index (χ1n) is 6.42. The van der Waals surface area contributed by atoms with Gasteiger partial charge in [-0.2, -0.15) is 0 Å². The first-order valence-corrected chi connectivity index (χ1v) is 6.42. The van der Waals surface area contributed by atoms with Crippen molar-refractivity contribution in [1.82, 2.24) is 10.6 Å². The number of carbonyl (C=O) groups excluding carboxylic acids is 3. The van der Waals surface area contributed by atoms with Crippen molar-refractivity contribution in [2.45, 2.75) is 19.8 Å². The Morgan fingerprint density at radius 1 is 1.15 bits per heavy atom. The predicted molar refractivity (Wildman–Crippen MR) is 66.5 cm³/mol. The number of rotatable bonds is 3. The smallest absolute Gasteiger partial charge is 0.318 e. The molecule has 20 heavy (non-hydrogen) atoms. The van der Waals surface area contributed by atoms with Crippen molar-refractivity contribution in [3.05, 3.63) is 0 Å². The Bertz CT molecular complexity index is 409. The summed E-state index contributed by atoms with van der Waals surface area (Å²) >= 11 is 0. The Kier molecular flexibility index (Phi) is 5.95. The van der Waals surface area contributed by atoms with Crippen LogP contribution >= 0.6 is 0 Å². The van der Waals surface area contributed by atoms with E-state index in [1.165, 1.54) is 0 Å². The van der Waals surface area contributed by atoms with Crippen LogP contribution in [0.15, 0.2) is 0 Å². The number of amides is 2. The number of nitrogens with one attached hydrogen (secondary N) is 2. The molecule has 2 fully saturated rings. The molecule has 0 aromatic heterocycles. The third-order valence-electron chi connectivity index (χ3n) is 2.97. The number of hydrogen-bond acceptors (Lipinski definition) is 5. The molecule has 2 saturated heterocycles. The topological polar surface area (TPSA) is 122 Å². The molecule has 3 N–H and O–H groups in total. The van der Waals surface area contributed by atoms with Crippen LogP contribution in [0.1, 0.15) is 19.8 Å². The van der Waals surface area contributed by atoms with E-state index in [-0.39, 0.29) is 11.8 Å². The minimum atomic E-state index is -1.02. The van der Waals surface area contributed by atoms with Gasteiger partial charge in [0.1, 0.15) is 11.8 Å². The van der Waals surface area contributed by atoms with Crippen LogP contribution in [0.4, 0.5) is 0 Å². The van der Waals surface area contributed by atoms with Crippen LogP contribution in [-0.4, -0.2) is 48.6 Å². The van der Waals surface area contributed by atoms with E-state index in [4.69, 9.17) is 9.84 Å². The van der Waals surface area contributed by atoms with Crippen molar-refractivity contribution in [2.24, 2.45) is 11.8 Å². The van der Waals surface area contributed by atoms with Gasteiger partial charge in [0.15, 0.2) is 0 Å². The second kappa shape index (κ2) is 7.46. The lowest BCUT2D eigenvalue weighted by molar-refractivity contribution is -0.151. The van der Waals surface area contributed by atoms with E-state index in [2.05, 4.69) is 10.6 Å². The summed E-state index contributed by atoms with van der Waals surface area (Å²) < 4.78 is 4.70. The van der Waals surface area contributed by atoms with Gasteiger partial charge in [-0.05, 0) is 19.8 Å². The van der Waals surface area contributed by atoms with E-state index < -0.39 is 23.8 Å². The Hall–Kier alpha value is -2.12. The zero-order valence-corrected chi connectivity index (χ0v) is 11.2. The zero-order chi connectivity index (χ0) is 15.1. The lowest BCUT2D eigenvalue weighted by atomic mass is 10.1. The Morgan fingerprint density at radius 3 is 1.95 bits per heavy atom. The molecule has 2 aliphatic rings. The average Bonchev–Trinajstić information content (AvgIpc) is 2.98. The van der Waals surface area contributed by atoms with Gasteiger partial charge >= 0.3 is 11.9 Å². The van der Waals surface area contributed by atoms with E-state index in [0.29, 0.717) is 32.5 Å². The van der Waals surface area contributed by atoms with Gasteiger partial charge in [0, 0.05) is 13.1 Å². The fraction of sp³-hybridized carbons (Fsp3) is 0.667. The Labute approximate surface area is 115 Å². The van der Waals surface area contributed by atoms with Gasteiger partial charge in [-0.1, -0.05) is 0 Å². The van der Waals surface area contributed by atoms with E-state index in [1.807, 2.05) is 0 Å². The number of aliphatic carboxylic acids is 1. The van der Waals surface area contributed by atoms with Gasteiger partial charge in [-0.15, -0.1) is 0 Å². The molecular weight excluding hydrogens is 268 g/mol. The van der Waals surface area contributed by atoms with Gasteiger partial charge in [-0.25, -0.2) is 0 Å². The highest BCUT2D eigenvalue weighted by Gasteiger charge is 2.32. The zero-order valence-electron chi connectivity index (χ0n) is 11.2. The van der Waals surface area contributed by atoms with E-state index in [9.17, 15) is 19.2 Å². The molecule has 2 heterocycles. The second-order valence-electron chi connectivity index (χ2n) is 4.35. The highest BCUT2D eigenvalue weighted by atomic mass is 16.5. The maximum absolute atomic E-state index is 11.0. The summed E-state index contributed by atoms with van der Waals surface area (Å²) in [7, 11) is 0. The van der Waals surface area contributed by atoms with Crippen molar-refractivity contribution < 1.29 is 29.0 Å². The summed E-state index contributed by atoms with van der Waals surface area (Å²) in [5.41, 5.74) is 0. The molecule has 0 saturated carbocycles.